The number of hydrogen-bond donors (Lipinski definition) is 0. The predicted molar refractivity (Wildman–Crippen MR) is 62.7 cm³/mol. The number of benzene rings is 1. The van der Waals surface area contributed by atoms with Crippen molar-refractivity contribution in [2.24, 2.45) is 0 Å². The summed E-state index contributed by atoms with van der Waals surface area (Å²) in [7, 11) is 1.62. The summed E-state index contributed by atoms with van der Waals surface area (Å²) >= 11 is 1.09. The molecule has 0 heterocycles. The molecule has 88 valence electrons. The third-order valence-electron chi connectivity index (χ3n) is 1.67. The van der Waals surface area contributed by atoms with Gasteiger partial charge in [-0.2, -0.15) is 0 Å². The van der Waals surface area contributed by atoms with Crippen molar-refractivity contribution in [1.82, 2.24) is 0 Å². The summed E-state index contributed by atoms with van der Waals surface area (Å²) in [5.74, 6) is 1.87. The van der Waals surface area contributed by atoms with Crippen molar-refractivity contribution < 1.29 is 18.5 Å². The van der Waals surface area contributed by atoms with Crippen LogP contribution in [-0.2, 0) is 8.98 Å². The van der Waals surface area contributed by atoms with E-state index in [1.54, 1.807) is 7.11 Å². The minimum atomic E-state index is -0.297. The van der Waals surface area contributed by atoms with Crippen molar-refractivity contribution in [3.8, 4) is 11.5 Å². The van der Waals surface area contributed by atoms with E-state index in [9.17, 15) is 4.79 Å². The molecule has 0 aromatic heterocycles. The summed E-state index contributed by atoms with van der Waals surface area (Å²) < 4.78 is 15.1. The number of hydrogen-bond acceptors (Lipinski definition) is 5. The molecule has 0 saturated heterocycles. The monoisotopic (exact) mass is 242 g/mol. The molecule has 0 atom stereocenters. The van der Waals surface area contributed by atoms with Gasteiger partial charge in [0.15, 0.2) is 0 Å². The Morgan fingerprint density at radius 3 is 2.44 bits per heavy atom. The molecule has 1 aromatic carbocycles. The maximum atomic E-state index is 10.4. The average Bonchev–Trinajstić information content (AvgIpc) is 2.29. The highest BCUT2D eigenvalue weighted by Gasteiger charge is 1.97. The molecular formula is C11H14O4S. The zero-order chi connectivity index (χ0) is 11.8. The molecule has 4 nitrogen and oxygen atoms in total. The van der Waals surface area contributed by atoms with Crippen molar-refractivity contribution in [2.45, 2.75) is 6.92 Å². The van der Waals surface area contributed by atoms with Gasteiger partial charge in [-0.1, -0.05) is 0 Å². The lowest BCUT2D eigenvalue weighted by atomic mass is 10.3. The Bertz CT molecular complexity index is 323. The van der Waals surface area contributed by atoms with E-state index in [4.69, 9.17) is 13.7 Å². The van der Waals surface area contributed by atoms with E-state index >= 15 is 0 Å². The zero-order valence-electron chi connectivity index (χ0n) is 9.26. The SMILES string of the molecule is COc1ccc(OCCSOC(C)=O)cc1. The highest BCUT2D eigenvalue weighted by atomic mass is 32.2. The lowest BCUT2D eigenvalue weighted by molar-refractivity contribution is -0.130. The highest BCUT2D eigenvalue weighted by Crippen LogP contribution is 2.17. The van der Waals surface area contributed by atoms with Gasteiger partial charge in [0.05, 0.1) is 24.9 Å². The molecule has 0 unspecified atom stereocenters. The van der Waals surface area contributed by atoms with Gasteiger partial charge in [0.25, 0.3) is 0 Å². The van der Waals surface area contributed by atoms with Crippen LogP contribution in [-0.4, -0.2) is 25.4 Å². The van der Waals surface area contributed by atoms with Gasteiger partial charge >= 0.3 is 5.97 Å². The molecule has 16 heavy (non-hydrogen) atoms. The summed E-state index contributed by atoms with van der Waals surface area (Å²) in [5.41, 5.74) is 0. The first-order valence-corrected chi connectivity index (χ1v) is 5.70. The highest BCUT2D eigenvalue weighted by molar-refractivity contribution is 7.95. The summed E-state index contributed by atoms with van der Waals surface area (Å²) in [6.45, 7) is 1.86. The summed E-state index contributed by atoms with van der Waals surface area (Å²) in [4.78, 5) is 10.4. The molecule has 0 fully saturated rings. The number of methoxy groups -OCH3 is 1. The second kappa shape index (κ2) is 7.00. The summed E-state index contributed by atoms with van der Waals surface area (Å²) in [6, 6.07) is 7.31. The van der Waals surface area contributed by atoms with Crippen LogP contribution in [0.4, 0.5) is 0 Å². The Balaban J connectivity index is 2.19. The standard InChI is InChI=1S/C11H14O4S/c1-9(12)15-16-8-7-14-11-5-3-10(13-2)4-6-11/h3-6H,7-8H2,1-2H3. The van der Waals surface area contributed by atoms with Crippen molar-refractivity contribution in [2.75, 3.05) is 19.5 Å². The second-order valence-corrected chi connectivity index (χ2v) is 3.73. The molecule has 1 rings (SSSR count). The molecule has 1 aromatic rings. The van der Waals surface area contributed by atoms with Crippen LogP contribution < -0.4 is 9.47 Å². The van der Waals surface area contributed by atoms with Crippen LogP contribution in [0.5, 0.6) is 11.5 Å². The molecule has 0 aliphatic heterocycles. The van der Waals surface area contributed by atoms with Crippen LogP contribution in [0.15, 0.2) is 24.3 Å². The van der Waals surface area contributed by atoms with Crippen LogP contribution in [0.2, 0.25) is 0 Å². The molecule has 0 radical (unpaired) electrons. The fourth-order valence-electron chi connectivity index (χ4n) is 0.990. The molecule has 5 heteroatoms. The maximum absolute atomic E-state index is 10.4. The molecule has 0 bridgehead atoms. The van der Waals surface area contributed by atoms with Gasteiger partial charge in [-0.3, -0.25) is 4.79 Å². The molecule has 0 aliphatic carbocycles. The van der Waals surface area contributed by atoms with Crippen LogP contribution in [0.25, 0.3) is 0 Å². The molecule has 0 aliphatic rings. The van der Waals surface area contributed by atoms with Gasteiger partial charge in [-0.25, -0.2) is 0 Å². The van der Waals surface area contributed by atoms with Crippen molar-refractivity contribution in [1.29, 1.82) is 0 Å². The Labute approximate surface area is 99.1 Å². The van der Waals surface area contributed by atoms with Gasteiger partial charge < -0.3 is 13.7 Å². The van der Waals surface area contributed by atoms with Gasteiger partial charge in [-0.05, 0) is 24.3 Å². The van der Waals surface area contributed by atoms with Crippen LogP contribution in [0, 0.1) is 0 Å². The maximum Gasteiger partial charge on any atom is 0.314 e. The van der Waals surface area contributed by atoms with E-state index in [1.165, 1.54) is 6.92 Å². The molecule has 0 spiro atoms. The number of rotatable bonds is 6. The number of carbonyl (C=O) groups is 1. The van der Waals surface area contributed by atoms with Crippen molar-refractivity contribution in [3.63, 3.8) is 0 Å². The number of ether oxygens (including phenoxy) is 2. The minimum absolute atomic E-state index is 0.297. The smallest absolute Gasteiger partial charge is 0.314 e. The van der Waals surface area contributed by atoms with Gasteiger partial charge in [0, 0.05) is 6.92 Å². The van der Waals surface area contributed by atoms with Crippen LogP contribution in [0.3, 0.4) is 0 Å². The third-order valence-corrected chi connectivity index (χ3v) is 2.36. The average molecular weight is 242 g/mol. The molecular weight excluding hydrogens is 228 g/mol. The summed E-state index contributed by atoms with van der Waals surface area (Å²) in [5, 5.41) is 0. The Morgan fingerprint density at radius 2 is 1.88 bits per heavy atom. The molecule has 0 amide bonds. The third kappa shape index (κ3) is 4.93. The van der Waals surface area contributed by atoms with E-state index in [0.29, 0.717) is 12.4 Å². The van der Waals surface area contributed by atoms with E-state index in [2.05, 4.69) is 0 Å². The van der Waals surface area contributed by atoms with E-state index < -0.39 is 0 Å². The topological polar surface area (TPSA) is 44.8 Å². The van der Waals surface area contributed by atoms with E-state index in [0.717, 1.165) is 23.5 Å². The van der Waals surface area contributed by atoms with Gasteiger partial charge in [0.1, 0.15) is 18.1 Å². The first kappa shape index (κ1) is 12.7. The quantitative estimate of drug-likeness (QED) is 0.565. The molecule has 0 saturated carbocycles. The fraction of sp³-hybridized carbons (Fsp3) is 0.364. The Morgan fingerprint density at radius 1 is 1.25 bits per heavy atom. The number of carbonyl (C=O) groups excluding carboxylic acids is 1. The van der Waals surface area contributed by atoms with E-state index in [-0.39, 0.29) is 5.97 Å². The zero-order valence-corrected chi connectivity index (χ0v) is 10.1. The minimum Gasteiger partial charge on any atom is -0.497 e. The Hall–Kier alpha value is -1.36. The molecule has 0 N–H and O–H groups in total. The van der Waals surface area contributed by atoms with Gasteiger partial charge in [-0.15, -0.1) is 0 Å². The first-order chi connectivity index (χ1) is 7.72. The van der Waals surface area contributed by atoms with Crippen LogP contribution in [0.1, 0.15) is 6.92 Å². The van der Waals surface area contributed by atoms with Gasteiger partial charge in [0.2, 0.25) is 0 Å². The largest absolute Gasteiger partial charge is 0.497 e. The van der Waals surface area contributed by atoms with Crippen molar-refractivity contribution >= 4 is 18.0 Å². The lowest BCUT2D eigenvalue weighted by Gasteiger charge is -2.06. The fourth-order valence-corrected chi connectivity index (χ4v) is 1.39. The van der Waals surface area contributed by atoms with Crippen molar-refractivity contribution in [3.05, 3.63) is 24.3 Å². The first-order valence-electron chi connectivity index (χ1n) is 4.79. The van der Waals surface area contributed by atoms with Crippen LogP contribution >= 0.6 is 12.0 Å². The predicted octanol–water partition coefficient (Wildman–Crippen LogP) is 2.29. The lowest BCUT2D eigenvalue weighted by Crippen LogP contribution is -2.01. The normalized spacial score (nSPS) is 9.62. The Kier molecular flexibility index (Phi) is 5.56. The summed E-state index contributed by atoms with van der Waals surface area (Å²) in [6.07, 6.45) is 0. The van der Waals surface area contributed by atoms with E-state index in [1.807, 2.05) is 24.3 Å². The second-order valence-electron chi connectivity index (χ2n) is 2.92.